The Bertz CT molecular complexity index is 179. The van der Waals surface area contributed by atoms with E-state index in [0.29, 0.717) is 11.3 Å². The van der Waals surface area contributed by atoms with Crippen molar-refractivity contribution in [2.45, 2.75) is 77.4 Å². The molecule has 0 aromatic carbocycles. The second-order valence-corrected chi connectivity index (χ2v) is 5.61. The van der Waals surface area contributed by atoms with Crippen molar-refractivity contribution in [3.05, 3.63) is 0 Å². The first kappa shape index (κ1) is 18.2. The van der Waals surface area contributed by atoms with Gasteiger partial charge in [-0.3, -0.25) is 0 Å². The molecule has 0 bridgehead atoms. The average Bonchev–Trinajstić information content (AvgIpc) is 2.35. The molecule has 0 N–H and O–H groups in total. The van der Waals surface area contributed by atoms with Gasteiger partial charge in [-0.05, 0) is 27.4 Å². The van der Waals surface area contributed by atoms with Gasteiger partial charge in [0.1, 0.15) is 6.10 Å². The zero-order valence-corrected chi connectivity index (χ0v) is 13.2. The second-order valence-electron chi connectivity index (χ2n) is 5.30. The Morgan fingerprint density at radius 3 is 2.11 bits per heavy atom. The summed E-state index contributed by atoms with van der Waals surface area (Å²) in [5.74, 6) is 0. The van der Waals surface area contributed by atoms with Crippen LogP contribution in [0.3, 0.4) is 0 Å². The molecule has 0 radical (unpaired) electrons. The summed E-state index contributed by atoms with van der Waals surface area (Å²) in [6.07, 6.45) is 10.1. The molecule has 4 heteroatoms. The molecule has 0 aromatic rings. The number of nitrogens with zero attached hydrogens (tertiary/aromatic N) is 1. The van der Waals surface area contributed by atoms with Crippen LogP contribution in [0.25, 0.3) is 0 Å². The summed E-state index contributed by atoms with van der Waals surface area (Å²) >= 11 is 0.701. The SMILES string of the molecule is CCCCCCCCCC(O[Cl+][O-])C(C)N(C)C. The Kier molecular flexibility index (Phi) is 12.3. The normalized spacial score (nSPS) is 15.0. The van der Waals surface area contributed by atoms with Crippen molar-refractivity contribution in [2.24, 2.45) is 0 Å². The second kappa shape index (κ2) is 12.2. The minimum Gasteiger partial charge on any atom is -0.506 e. The van der Waals surface area contributed by atoms with Crippen LogP contribution in [-0.2, 0) is 4.29 Å². The number of hydrogen-bond donors (Lipinski definition) is 0. The molecule has 0 aliphatic rings. The van der Waals surface area contributed by atoms with E-state index in [-0.39, 0.29) is 12.1 Å². The largest absolute Gasteiger partial charge is 0.506 e. The summed E-state index contributed by atoms with van der Waals surface area (Å²) in [6.45, 7) is 4.34. The highest BCUT2D eigenvalue weighted by atomic mass is 35.6. The van der Waals surface area contributed by atoms with E-state index in [1.165, 1.54) is 38.5 Å². The third-order valence-corrected chi connectivity index (χ3v) is 3.90. The van der Waals surface area contributed by atoms with Crippen LogP contribution in [0.4, 0.5) is 0 Å². The van der Waals surface area contributed by atoms with Crippen molar-refractivity contribution in [2.75, 3.05) is 14.1 Å². The van der Waals surface area contributed by atoms with Crippen molar-refractivity contribution >= 4 is 0 Å². The molecule has 0 amide bonds. The van der Waals surface area contributed by atoms with Crippen molar-refractivity contribution in [3.8, 4) is 0 Å². The van der Waals surface area contributed by atoms with E-state index in [0.717, 1.165) is 12.8 Å². The van der Waals surface area contributed by atoms with Crippen molar-refractivity contribution in [1.82, 2.24) is 4.90 Å². The van der Waals surface area contributed by atoms with Crippen LogP contribution in [0.15, 0.2) is 0 Å². The lowest BCUT2D eigenvalue weighted by molar-refractivity contribution is -1.27. The quantitative estimate of drug-likeness (QED) is 0.515. The third-order valence-electron chi connectivity index (χ3n) is 3.60. The molecule has 110 valence electrons. The molecule has 0 aliphatic carbocycles. The summed E-state index contributed by atoms with van der Waals surface area (Å²) in [4.78, 5) is 2.10. The van der Waals surface area contributed by atoms with Gasteiger partial charge in [-0.15, -0.1) is 0 Å². The van der Waals surface area contributed by atoms with E-state index in [2.05, 4.69) is 18.7 Å². The standard InChI is InChI=1S/C14H30ClNO2/c1-5-6-7-8-9-10-11-12-14(18-15-17)13(2)16(3)4/h13-14H,5-12H2,1-4H3. The Morgan fingerprint density at radius 2 is 1.61 bits per heavy atom. The van der Waals surface area contributed by atoms with Crippen LogP contribution in [0, 0.1) is 11.3 Å². The van der Waals surface area contributed by atoms with Gasteiger partial charge in [0.25, 0.3) is 0 Å². The maximum absolute atomic E-state index is 10.5. The lowest BCUT2D eigenvalue weighted by Gasteiger charge is -2.24. The maximum atomic E-state index is 10.5. The van der Waals surface area contributed by atoms with E-state index in [4.69, 9.17) is 4.29 Å². The fourth-order valence-electron chi connectivity index (χ4n) is 2.04. The number of hydrogen-bond acceptors (Lipinski definition) is 3. The molecule has 0 spiro atoms. The van der Waals surface area contributed by atoms with Gasteiger partial charge >= 0.3 is 11.3 Å². The van der Waals surface area contributed by atoms with Crippen molar-refractivity contribution in [3.63, 3.8) is 0 Å². The molecular formula is C14H30ClNO2. The Balaban J connectivity index is 3.64. The first-order valence-corrected chi connectivity index (χ1v) is 7.84. The molecule has 0 fully saturated rings. The first-order chi connectivity index (χ1) is 8.63. The predicted molar refractivity (Wildman–Crippen MR) is 70.6 cm³/mol. The van der Waals surface area contributed by atoms with Crippen LogP contribution in [0.2, 0.25) is 0 Å². The fraction of sp³-hybridized carbons (Fsp3) is 1.00. The Hall–Kier alpha value is 0.170. The molecule has 2 unspecified atom stereocenters. The average molecular weight is 280 g/mol. The molecule has 0 heterocycles. The highest BCUT2D eigenvalue weighted by Gasteiger charge is 2.23. The van der Waals surface area contributed by atoms with Gasteiger partial charge in [-0.25, -0.2) is 0 Å². The third kappa shape index (κ3) is 9.15. The highest BCUT2D eigenvalue weighted by molar-refractivity contribution is 4.71. The van der Waals surface area contributed by atoms with E-state index >= 15 is 0 Å². The summed E-state index contributed by atoms with van der Waals surface area (Å²) in [6, 6.07) is 0.284. The number of likely N-dealkylation sites (N-methyl/N-ethyl adjacent to an activating group) is 1. The van der Waals surface area contributed by atoms with Crippen LogP contribution >= 0.6 is 0 Å². The Labute approximate surface area is 117 Å². The highest BCUT2D eigenvalue weighted by Crippen LogP contribution is 2.15. The summed E-state index contributed by atoms with van der Waals surface area (Å²) in [7, 11) is 4.05. The molecule has 3 nitrogen and oxygen atoms in total. The fourth-order valence-corrected chi connectivity index (χ4v) is 2.37. The molecule has 2 atom stereocenters. The molecule has 0 saturated heterocycles. The number of unbranched alkanes of at least 4 members (excludes halogenated alkanes) is 6. The summed E-state index contributed by atoms with van der Waals surface area (Å²) in [5.41, 5.74) is 0. The number of rotatable bonds is 12. The molecule has 18 heavy (non-hydrogen) atoms. The predicted octanol–water partition coefficient (Wildman–Crippen LogP) is 2.74. The van der Waals surface area contributed by atoms with Crippen LogP contribution in [-0.4, -0.2) is 31.1 Å². The Morgan fingerprint density at radius 1 is 1.06 bits per heavy atom. The summed E-state index contributed by atoms with van der Waals surface area (Å²) < 4.78 is 15.7. The zero-order chi connectivity index (χ0) is 13.8. The van der Waals surface area contributed by atoms with Gasteiger partial charge in [-0.2, -0.15) is 0 Å². The molecular weight excluding hydrogens is 250 g/mol. The summed E-state index contributed by atoms with van der Waals surface area (Å²) in [5, 5.41) is 0. The van der Waals surface area contributed by atoms with Gasteiger partial charge in [0.2, 0.25) is 0 Å². The van der Waals surface area contributed by atoms with Crippen LogP contribution in [0.5, 0.6) is 0 Å². The minimum atomic E-state index is 0.0291. The van der Waals surface area contributed by atoms with Gasteiger partial charge in [0, 0.05) is 6.04 Å². The molecule has 0 saturated carbocycles. The van der Waals surface area contributed by atoms with Gasteiger partial charge < -0.3 is 9.56 Å². The van der Waals surface area contributed by atoms with E-state index in [1.54, 1.807) is 0 Å². The topological polar surface area (TPSA) is 35.5 Å². The molecule has 0 aliphatic heterocycles. The lowest BCUT2D eigenvalue weighted by Crippen LogP contribution is -2.38. The first-order valence-electron chi connectivity index (χ1n) is 7.22. The smallest absolute Gasteiger partial charge is 0.331 e. The van der Waals surface area contributed by atoms with E-state index < -0.39 is 0 Å². The van der Waals surface area contributed by atoms with Gasteiger partial charge in [0.15, 0.2) is 0 Å². The molecule has 0 rings (SSSR count). The van der Waals surface area contributed by atoms with Crippen LogP contribution < -0.4 is 4.66 Å². The van der Waals surface area contributed by atoms with Crippen molar-refractivity contribution in [1.29, 1.82) is 0 Å². The minimum absolute atomic E-state index is 0.0291. The van der Waals surface area contributed by atoms with Crippen molar-refractivity contribution < 1.29 is 20.3 Å². The van der Waals surface area contributed by atoms with E-state index in [9.17, 15) is 4.66 Å². The van der Waals surface area contributed by atoms with Gasteiger partial charge in [-0.1, -0.05) is 56.2 Å². The van der Waals surface area contributed by atoms with Gasteiger partial charge in [0.05, 0.1) is 0 Å². The van der Waals surface area contributed by atoms with E-state index in [1.807, 2.05) is 14.1 Å². The molecule has 0 aromatic heterocycles. The monoisotopic (exact) mass is 279 g/mol. The lowest BCUT2D eigenvalue weighted by atomic mass is 10.0. The number of halogens is 1. The maximum Gasteiger partial charge on any atom is 0.331 e. The van der Waals surface area contributed by atoms with Crippen LogP contribution in [0.1, 0.15) is 65.2 Å². The zero-order valence-electron chi connectivity index (χ0n) is 12.5.